The average molecular weight is 261 g/mol. The minimum atomic E-state index is 0.698. The number of rotatable bonds is 0. The van der Waals surface area contributed by atoms with Gasteiger partial charge >= 0.3 is 76.3 Å². The summed E-state index contributed by atoms with van der Waals surface area (Å²) in [5.74, 6) is 1.94. The van der Waals surface area contributed by atoms with E-state index in [-0.39, 0.29) is 0 Å². The first kappa shape index (κ1) is 6.79. The van der Waals surface area contributed by atoms with E-state index in [1.54, 1.807) is 11.3 Å². The van der Waals surface area contributed by atoms with Crippen molar-refractivity contribution in [3.8, 4) is 11.5 Å². The van der Waals surface area contributed by atoms with Crippen LogP contribution in [0.5, 0.6) is 11.5 Å². The molecule has 0 N–H and O–H groups in total. The van der Waals surface area contributed by atoms with Crippen LogP contribution in [0.25, 0.3) is 0 Å². The van der Waals surface area contributed by atoms with Gasteiger partial charge in [0.25, 0.3) is 0 Å². The molecule has 4 heteroatoms. The van der Waals surface area contributed by atoms with E-state index in [0.29, 0.717) is 13.2 Å². The molecule has 1 aliphatic rings. The van der Waals surface area contributed by atoms with Crippen molar-refractivity contribution in [3.05, 3.63) is 5.38 Å². The summed E-state index contributed by atoms with van der Waals surface area (Å²) in [7, 11) is 0. The molecule has 0 amide bonds. The summed E-state index contributed by atoms with van der Waals surface area (Å²) in [4.78, 5) is 0. The Kier molecular flexibility index (Phi) is 1.78. The zero-order chi connectivity index (χ0) is 6.97. The van der Waals surface area contributed by atoms with Crippen LogP contribution in [0.1, 0.15) is 0 Å². The molecule has 1 aliphatic heterocycles. The molecule has 2 radical (unpaired) electrons. The quantitative estimate of drug-likeness (QED) is 0.614. The van der Waals surface area contributed by atoms with Gasteiger partial charge in [-0.25, -0.2) is 0 Å². The molecule has 0 saturated carbocycles. The third kappa shape index (κ3) is 1.01. The minimum absolute atomic E-state index is 0.698. The van der Waals surface area contributed by atoms with Gasteiger partial charge in [-0.15, -0.1) is 0 Å². The second kappa shape index (κ2) is 2.62. The molecule has 0 saturated heterocycles. The molecule has 10 heavy (non-hydrogen) atoms. The van der Waals surface area contributed by atoms with Gasteiger partial charge in [0.15, 0.2) is 0 Å². The zero-order valence-corrected chi connectivity index (χ0v) is 9.41. The van der Waals surface area contributed by atoms with Crippen LogP contribution in [0, 0.1) is 0 Å². The first-order chi connectivity index (χ1) is 4.88. The number of hydrogen-bond acceptors (Lipinski definition) is 3. The van der Waals surface area contributed by atoms with Gasteiger partial charge in [-0.1, -0.05) is 0 Å². The zero-order valence-electron chi connectivity index (χ0n) is 5.29. The molecule has 0 spiro atoms. The molecule has 2 heterocycles. The fraction of sp³-hybridized carbons (Fsp3) is 0.333. The Labute approximate surface area is 76.2 Å². The summed E-state index contributed by atoms with van der Waals surface area (Å²) in [5, 5.41) is 2.02. The molecule has 0 aliphatic carbocycles. The Morgan fingerprint density at radius 3 is 3.00 bits per heavy atom. The molecular weight excluding hydrogens is 255 g/mol. The molecule has 1 aromatic heterocycles. The maximum absolute atomic E-state index is 5.41. The van der Waals surface area contributed by atoms with E-state index in [9.17, 15) is 0 Å². The number of hydrogen-bond donors (Lipinski definition) is 0. The SMILES string of the molecule is [SnH][c]1scc2c1OCCO2. The Balaban J connectivity index is 2.45. The fourth-order valence-corrected chi connectivity index (χ4v) is 2.78. The van der Waals surface area contributed by atoms with Gasteiger partial charge in [-0.05, 0) is 0 Å². The van der Waals surface area contributed by atoms with Crippen molar-refractivity contribution in [1.82, 2.24) is 0 Å². The van der Waals surface area contributed by atoms with Crippen LogP contribution < -0.4 is 12.4 Å². The number of ether oxygens (including phenoxy) is 2. The third-order valence-corrected chi connectivity index (χ3v) is 4.01. The summed E-state index contributed by atoms with van der Waals surface area (Å²) in [6.45, 7) is 1.40. The fourth-order valence-electron chi connectivity index (χ4n) is 0.883. The van der Waals surface area contributed by atoms with Crippen molar-refractivity contribution in [2.24, 2.45) is 0 Å². The van der Waals surface area contributed by atoms with Gasteiger partial charge in [0.1, 0.15) is 0 Å². The Hall–Kier alpha value is 0.0987. The van der Waals surface area contributed by atoms with E-state index in [1.807, 2.05) is 5.38 Å². The van der Waals surface area contributed by atoms with Gasteiger partial charge in [-0.2, -0.15) is 0 Å². The van der Waals surface area contributed by atoms with Crippen LogP contribution in [-0.2, 0) is 0 Å². The topological polar surface area (TPSA) is 18.5 Å². The Bertz CT molecular complexity index is 246. The van der Waals surface area contributed by atoms with E-state index in [1.165, 1.54) is 2.89 Å². The summed E-state index contributed by atoms with van der Waals surface area (Å²) >= 11 is 2.85. The predicted molar refractivity (Wildman–Crippen MR) is 42.1 cm³/mol. The summed E-state index contributed by atoms with van der Waals surface area (Å²) in [6, 6.07) is 0. The molecule has 1 aromatic rings. The van der Waals surface area contributed by atoms with Gasteiger partial charge < -0.3 is 0 Å². The van der Waals surface area contributed by atoms with Crippen molar-refractivity contribution in [3.63, 3.8) is 0 Å². The molecule has 0 aromatic carbocycles. The van der Waals surface area contributed by atoms with Gasteiger partial charge in [-0.3, -0.25) is 0 Å². The van der Waals surface area contributed by atoms with Crippen molar-refractivity contribution < 1.29 is 9.47 Å². The van der Waals surface area contributed by atoms with E-state index in [2.05, 4.69) is 0 Å². The molecular formula is C6H6O2SSn. The van der Waals surface area contributed by atoms with E-state index in [4.69, 9.17) is 9.47 Å². The first-order valence-corrected chi connectivity index (χ1v) is 5.53. The standard InChI is InChI=1S/C6H5O2S.Sn.H/c1-2-8-6-4-9-3-5(6)7-1;;/h3H,1-2H2;;. The molecule has 0 fully saturated rings. The summed E-state index contributed by atoms with van der Waals surface area (Å²) in [5.41, 5.74) is 0. The molecule has 2 nitrogen and oxygen atoms in total. The van der Waals surface area contributed by atoms with Crippen molar-refractivity contribution >= 4 is 36.8 Å². The van der Waals surface area contributed by atoms with Crippen LogP contribution in [0.15, 0.2) is 5.38 Å². The molecule has 2 rings (SSSR count). The predicted octanol–water partition coefficient (Wildman–Crippen LogP) is 0.0454. The van der Waals surface area contributed by atoms with Crippen molar-refractivity contribution in [2.45, 2.75) is 0 Å². The first-order valence-electron chi connectivity index (χ1n) is 3.00. The average Bonchev–Trinajstić information content (AvgIpc) is 2.34. The number of thiophene rings is 1. The Morgan fingerprint density at radius 2 is 2.20 bits per heavy atom. The van der Waals surface area contributed by atoms with Crippen molar-refractivity contribution in [1.29, 1.82) is 0 Å². The van der Waals surface area contributed by atoms with Crippen LogP contribution in [0.2, 0.25) is 0 Å². The monoisotopic (exact) mass is 262 g/mol. The van der Waals surface area contributed by atoms with Crippen LogP contribution in [0.3, 0.4) is 0 Å². The molecule has 0 bridgehead atoms. The summed E-state index contributed by atoms with van der Waals surface area (Å²) < 4.78 is 12.1. The normalized spacial score (nSPS) is 15.3. The summed E-state index contributed by atoms with van der Waals surface area (Å²) in [6.07, 6.45) is 0. The molecule has 0 unspecified atom stereocenters. The Morgan fingerprint density at radius 1 is 1.40 bits per heavy atom. The van der Waals surface area contributed by atoms with Crippen LogP contribution in [-0.4, -0.2) is 35.7 Å². The van der Waals surface area contributed by atoms with Gasteiger partial charge in [0, 0.05) is 0 Å². The van der Waals surface area contributed by atoms with Crippen LogP contribution in [0.4, 0.5) is 0 Å². The van der Waals surface area contributed by atoms with E-state index < -0.39 is 0 Å². The van der Waals surface area contributed by atoms with Gasteiger partial charge in [0.2, 0.25) is 0 Å². The van der Waals surface area contributed by atoms with E-state index in [0.717, 1.165) is 34.0 Å². The second-order valence-corrected chi connectivity index (χ2v) is 5.74. The third-order valence-electron chi connectivity index (χ3n) is 1.33. The second-order valence-electron chi connectivity index (χ2n) is 1.99. The molecule has 52 valence electrons. The van der Waals surface area contributed by atoms with Crippen molar-refractivity contribution in [2.75, 3.05) is 13.2 Å². The van der Waals surface area contributed by atoms with E-state index >= 15 is 0 Å². The maximum atomic E-state index is 5.41. The number of fused-ring (bicyclic) bond motifs is 1. The van der Waals surface area contributed by atoms with Crippen LogP contribution >= 0.6 is 11.3 Å². The molecule has 0 atom stereocenters. The van der Waals surface area contributed by atoms with Gasteiger partial charge in [0.05, 0.1) is 0 Å².